The zero-order valence-corrected chi connectivity index (χ0v) is 8.29. The van der Waals surface area contributed by atoms with Gasteiger partial charge in [0.15, 0.2) is 0 Å². The zero-order valence-electron chi connectivity index (χ0n) is 7.53. The Morgan fingerprint density at radius 2 is 1.33 bits per heavy atom. The molecular formula is C9H13ClN2. The summed E-state index contributed by atoms with van der Waals surface area (Å²) in [7, 11) is 0. The fourth-order valence-corrected chi connectivity index (χ4v) is 1.41. The van der Waals surface area contributed by atoms with Gasteiger partial charge >= 0.3 is 0 Å². The van der Waals surface area contributed by atoms with E-state index in [0.29, 0.717) is 16.4 Å². The second kappa shape index (κ2) is 2.87. The Balaban J connectivity index is 3.60. The molecular weight excluding hydrogens is 172 g/mol. The molecule has 1 aromatic rings. The molecule has 66 valence electrons. The van der Waals surface area contributed by atoms with Gasteiger partial charge in [0.1, 0.15) is 0 Å². The van der Waals surface area contributed by atoms with Crippen LogP contribution in [-0.2, 0) is 0 Å². The molecule has 4 N–H and O–H groups in total. The third kappa shape index (κ3) is 1.12. The highest BCUT2D eigenvalue weighted by Gasteiger charge is 2.10. The largest absolute Gasteiger partial charge is 0.397 e. The van der Waals surface area contributed by atoms with E-state index < -0.39 is 0 Å². The number of benzene rings is 1. The van der Waals surface area contributed by atoms with Gasteiger partial charge in [0.05, 0.1) is 16.4 Å². The second-order valence-electron chi connectivity index (χ2n) is 3.02. The molecule has 0 spiro atoms. The summed E-state index contributed by atoms with van der Waals surface area (Å²) in [6, 6.07) is 0. The fourth-order valence-electron chi connectivity index (χ4n) is 1.17. The van der Waals surface area contributed by atoms with Crippen molar-refractivity contribution in [2.45, 2.75) is 20.8 Å². The highest BCUT2D eigenvalue weighted by Crippen LogP contribution is 2.34. The summed E-state index contributed by atoms with van der Waals surface area (Å²) in [5.41, 5.74) is 15.7. The van der Waals surface area contributed by atoms with E-state index in [4.69, 9.17) is 23.1 Å². The van der Waals surface area contributed by atoms with E-state index in [1.165, 1.54) is 0 Å². The van der Waals surface area contributed by atoms with Crippen LogP contribution in [0.15, 0.2) is 0 Å². The molecule has 12 heavy (non-hydrogen) atoms. The lowest BCUT2D eigenvalue weighted by Gasteiger charge is -2.13. The highest BCUT2D eigenvalue weighted by molar-refractivity contribution is 6.34. The quantitative estimate of drug-likeness (QED) is 0.609. The van der Waals surface area contributed by atoms with Crippen molar-refractivity contribution in [3.8, 4) is 0 Å². The van der Waals surface area contributed by atoms with Crippen molar-refractivity contribution < 1.29 is 0 Å². The van der Waals surface area contributed by atoms with Crippen molar-refractivity contribution in [3.63, 3.8) is 0 Å². The van der Waals surface area contributed by atoms with Crippen molar-refractivity contribution in [3.05, 3.63) is 21.7 Å². The van der Waals surface area contributed by atoms with Gasteiger partial charge < -0.3 is 11.5 Å². The summed E-state index contributed by atoms with van der Waals surface area (Å²) in [5.74, 6) is 0. The van der Waals surface area contributed by atoms with Gasteiger partial charge in [-0.25, -0.2) is 0 Å². The van der Waals surface area contributed by atoms with E-state index in [2.05, 4.69) is 0 Å². The first-order valence-electron chi connectivity index (χ1n) is 3.77. The molecule has 0 atom stereocenters. The summed E-state index contributed by atoms with van der Waals surface area (Å²) in [4.78, 5) is 0. The molecule has 0 fully saturated rings. The van der Waals surface area contributed by atoms with Crippen LogP contribution in [0.4, 0.5) is 11.4 Å². The van der Waals surface area contributed by atoms with E-state index in [0.717, 1.165) is 16.7 Å². The molecule has 0 heterocycles. The van der Waals surface area contributed by atoms with Gasteiger partial charge in [-0.3, -0.25) is 0 Å². The molecule has 0 saturated carbocycles. The molecule has 1 rings (SSSR count). The lowest BCUT2D eigenvalue weighted by atomic mass is 10.0. The van der Waals surface area contributed by atoms with Gasteiger partial charge in [-0.05, 0) is 37.5 Å². The van der Waals surface area contributed by atoms with Crippen LogP contribution >= 0.6 is 11.6 Å². The van der Waals surface area contributed by atoms with Gasteiger partial charge in [-0.15, -0.1) is 0 Å². The van der Waals surface area contributed by atoms with E-state index in [1.54, 1.807) is 0 Å². The smallest absolute Gasteiger partial charge is 0.0742 e. The molecule has 0 aliphatic carbocycles. The van der Waals surface area contributed by atoms with Crippen LogP contribution in [0.1, 0.15) is 16.7 Å². The van der Waals surface area contributed by atoms with Gasteiger partial charge in [-0.2, -0.15) is 0 Å². The summed E-state index contributed by atoms with van der Waals surface area (Å²) in [5, 5.41) is 0.579. The standard InChI is InChI=1S/C9H13ClN2/c1-4-5(2)7(10)9(12)8(11)6(4)3/h11-12H2,1-3H3. The van der Waals surface area contributed by atoms with Crippen LogP contribution in [0.2, 0.25) is 5.02 Å². The van der Waals surface area contributed by atoms with Crippen LogP contribution in [0.25, 0.3) is 0 Å². The van der Waals surface area contributed by atoms with Crippen molar-refractivity contribution in [1.29, 1.82) is 0 Å². The topological polar surface area (TPSA) is 52.0 Å². The molecule has 3 heteroatoms. The number of nitrogen functional groups attached to an aromatic ring is 2. The Morgan fingerprint density at radius 3 is 1.83 bits per heavy atom. The third-order valence-corrected chi connectivity index (χ3v) is 2.87. The fraction of sp³-hybridized carbons (Fsp3) is 0.333. The Labute approximate surface area is 77.5 Å². The lowest BCUT2D eigenvalue weighted by Crippen LogP contribution is -2.02. The Kier molecular flexibility index (Phi) is 2.20. The minimum absolute atomic E-state index is 0.497. The van der Waals surface area contributed by atoms with E-state index >= 15 is 0 Å². The SMILES string of the molecule is Cc1c(C)c(N)c(N)c(Cl)c1C. The molecule has 0 aliphatic heterocycles. The molecule has 0 aromatic heterocycles. The normalized spacial score (nSPS) is 10.3. The third-order valence-electron chi connectivity index (χ3n) is 2.38. The maximum absolute atomic E-state index is 5.96. The minimum atomic E-state index is 0.497. The second-order valence-corrected chi connectivity index (χ2v) is 3.39. The number of rotatable bonds is 0. The van der Waals surface area contributed by atoms with Gasteiger partial charge in [0, 0.05) is 0 Å². The van der Waals surface area contributed by atoms with Crippen molar-refractivity contribution in [2.24, 2.45) is 0 Å². The van der Waals surface area contributed by atoms with E-state index in [-0.39, 0.29) is 0 Å². The number of nitrogens with two attached hydrogens (primary N) is 2. The Hall–Kier alpha value is -0.890. The maximum atomic E-state index is 5.96. The molecule has 0 aliphatic rings. The molecule has 1 aromatic carbocycles. The first-order chi connectivity index (χ1) is 5.46. The summed E-state index contributed by atoms with van der Waals surface area (Å²) in [6.45, 7) is 5.89. The molecule has 2 nitrogen and oxygen atoms in total. The van der Waals surface area contributed by atoms with Gasteiger partial charge in [0.2, 0.25) is 0 Å². The first kappa shape index (κ1) is 9.20. The number of hydrogen-bond acceptors (Lipinski definition) is 2. The molecule has 0 bridgehead atoms. The van der Waals surface area contributed by atoms with Crippen LogP contribution in [0, 0.1) is 20.8 Å². The maximum Gasteiger partial charge on any atom is 0.0742 e. The van der Waals surface area contributed by atoms with E-state index in [9.17, 15) is 0 Å². The van der Waals surface area contributed by atoms with Crippen molar-refractivity contribution in [1.82, 2.24) is 0 Å². The van der Waals surface area contributed by atoms with Crippen LogP contribution in [-0.4, -0.2) is 0 Å². The summed E-state index contributed by atoms with van der Waals surface area (Å²) < 4.78 is 0. The number of hydrogen-bond donors (Lipinski definition) is 2. The molecule has 0 amide bonds. The monoisotopic (exact) mass is 184 g/mol. The van der Waals surface area contributed by atoms with Crippen LogP contribution < -0.4 is 11.5 Å². The summed E-state index contributed by atoms with van der Waals surface area (Å²) in [6.07, 6.45) is 0. The summed E-state index contributed by atoms with van der Waals surface area (Å²) >= 11 is 5.96. The average Bonchev–Trinajstić information content (AvgIpc) is 2.08. The average molecular weight is 185 g/mol. The predicted octanol–water partition coefficient (Wildman–Crippen LogP) is 2.43. The van der Waals surface area contributed by atoms with Crippen LogP contribution in [0.3, 0.4) is 0 Å². The van der Waals surface area contributed by atoms with Gasteiger partial charge in [0.25, 0.3) is 0 Å². The molecule has 0 radical (unpaired) electrons. The van der Waals surface area contributed by atoms with Crippen molar-refractivity contribution >= 4 is 23.0 Å². The molecule has 0 saturated heterocycles. The minimum Gasteiger partial charge on any atom is -0.397 e. The highest BCUT2D eigenvalue weighted by atomic mass is 35.5. The van der Waals surface area contributed by atoms with Crippen LogP contribution in [0.5, 0.6) is 0 Å². The van der Waals surface area contributed by atoms with E-state index in [1.807, 2.05) is 20.8 Å². The Bertz CT molecular complexity index is 227. The van der Waals surface area contributed by atoms with Crippen molar-refractivity contribution in [2.75, 3.05) is 11.5 Å². The number of anilines is 2. The number of halogens is 1. The zero-order chi connectivity index (χ0) is 9.46. The predicted molar refractivity (Wildman–Crippen MR) is 54.5 cm³/mol. The Morgan fingerprint density at radius 1 is 0.833 bits per heavy atom. The molecule has 0 unspecified atom stereocenters. The van der Waals surface area contributed by atoms with Gasteiger partial charge in [-0.1, -0.05) is 11.6 Å². The lowest BCUT2D eigenvalue weighted by molar-refractivity contribution is 1.27. The first-order valence-corrected chi connectivity index (χ1v) is 4.14.